The molecule has 3 N–H and O–H groups in total. The Kier molecular flexibility index (Phi) is 2.84. The number of carbonyl (C=O) groups is 2. The highest BCUT2D eigenvalue weighted by molar-refractivity contribution is 5.90. The van der Waals surface area contributed by atoms with Gasteiger partial charge in [0.05, 0.1) is 6.04 Å². The summed E-state index contributed by atoms with van der Waals surface area (Å²) < 4.78 is 0. The maximum absolute atomic E-state index is 11.7. The van der Waals surface area contributed by atoms with E-state index in [1.54, 1.807) is 6.92 Å². The molecule has 1 aromatic rings. The van der Waals surface area contributed by atoms with Crippen LogP contribution in [0.2, 0.25) is 0 Å². The summed E-state index contributed by atoms with van der Waals surface area (Å²) in [6, 6.07) is -0.662. The van der Waals surface area contributed by atoms with E-state index in [0.717, 1.165) is 0 Å². The molecule has 1 aromatic heterocycles. The summed E-state index contributed by atoms with van der Waals surface area (Å²) in [5.74, 6) is 0.333. The van der Waals surface area contributed by atoms with Gasteiger partial charge < -0.3 is 10.6 Å². The van der Waals surface area contributed by atoms with Crippen LogP contribution < -0.4 is 10.6 Å². The van der Waals surface area contributed by atoms with Crippen molar-refractivity contribution in [2.45, 2.75) is 31.8 Å². The smallest absolute Gasteiger partial charge is 0.243 e. The molecule has 2 heterocycles. The summed E-state index contributed by atoms with van der Waals surface area (Å²) in [5, 5.41) is 11.7. The van der Waals surface area contributed by atoms with E-state index in [1.807, 2.05) is 0 Å². The van der Waals surface area contributed by atoms with Gasteiger partial charge in [-0.1, -0.05) is 0 Å². The van der Waals surface area contributed by atoms with Gasteiger partial charge in [0, 0.05) is 6.42 Å². The number of amides is 2. The predicted molar refractivity (Wildman–Crippen MR) is 54.1 cm³/mol. The van der Waals surface area contributed by atoms with E-state index in [0.29, 0.717) is 18.7 Å². The molecule has 16 heavy (non-hydrogen) atoms. The number of nitrogens with zero attached hydrogens (tertiary/aromatic N) is 2. The maximum atomic E-state index is 11.7. The summed E-state index contributed by atoms with van der Waals surface area (Å²) in [4.78, 5) is 26.6. The molecule has 1 aliphatic rings. The third-order valence-electron chi connectivity index (χ3n) is 2.51. The number of H-pyrrole nitrogens is 1. The van der Waals surface area contributed by atoms with Crippen molar-refractivity contribution in [3.8, 4) is 0 Å². The molecule has 2 rings (SSSR count). The monoisotopic (exact) mass is 223 g/mol. The topological polar surface area (TPSA) is 99.8 Å². The van der Waals surface area contributed by atoms with Crippen molar-refractivity contribution in [3.05, 3.63) is 12.2 Å². The number of hydrogen-bond donors (Lipinski definition) is 3. The van der Waals surface area contributed by atoms with Crippen molar-refractivity contribution < 1.29 is 9.59 Å². The summed E-state index contributed by atoms with van der Waals surface area (Å²) in [5.41, 5.74) is 0. The standard InChI is InChI=1S/C9H13N5O2/c1-5(8-10-4-11-14-8)12-9(16)6-2-3-7(15)13-6/h4-6H,2-3H2,1H3,(H,12,16)(H,13,15)(H,10,11,14)/t5?,6-/m0/s1. The Hall–Kier alpha value is -1.92. The first-order valence-electron chi connectivity index (χ1n) is 5.12. The quantitative estimate of drug-likeness (QED) is 0.628. The zero-order valence-corrected chi connectivity index (χ0v) is 8.86. The Morgan fingerprint density at radius 2 is 2.50 bits per heavy atom. The van der Waals surface area contributed by atoms with Crippen molar-refractivity contribution in [2.24, 2.45) is 0 Å². The van der Waals surface area contributed by atoms with Crippen LogP contribution in [0.25, 0.3) is 0 Å². The number of hydrogen-bond acceptors (Lipinski definition) is 4. The second-order valence-electron chi connectivity index (χ2n) is 3.76. The van der Waals surface area contributed by atoms with Crippen LogP contribution in [0.15, 0.2) is 6.33 Å². The second kappa shape index (κ2) is 4.30. The Balaban J connectivity index is 1.90. The normalized spacial score (nSPS) is 21.6. The van der Waals surface area contributed by atoms with Gasteiger partial charge in [-0.25, -0.2) is 4.98 Å². The molecule has 0 aliphatic carbocycles. The Morgan fingerprint density at radius 1 is 1.69 bits per heavy atom. The molecule has 0 bridgehead atoms. The van der Waals surface area contributed by atoms with Gasteiger partial charge in [-0.2, -0.15) is 5.10 Å². The molecule has 7 nitrogen and oxygen atoms in total. The Bertz CT molecular complexity index is 389. The molecule has 2 amide bonds. The Morgan fingerprint density at radius 3 is 3.06 bits per heavy atom. The number of carbonyl (C=O) groups excluding carboxylic acids is 2. The van der Waals surface area contributed by atoms with Gasteiger partial charge in [-0.3, -0.25) is 14.7 Å². The maximum Gasteiger partial charge on any atom is 0.243 e. The van der Waals surface area contributed by atoms with Crippen LogP contribution in [0.4, 0.5) is 0 Å². The lowest BCUT2D eigenvalue weighted by Gasteiger charge is -2.14. The molecule has 0 saturated carbocycles. The van der Waals surface area contributed by atoms with Gasteiger partial charge in [0.2, 0.25) is 11.8 Å². The van der Waals surface area contributed by atoms with Gasteiger partial charge in [-0.15, -0.1) is 0 Å². The van der Waals surface area contributed by atoms with Crippen LogP contribution in [-0.2, 0) is 9.59 Å². The van der Waals surface area contributed by atoms with Crippen molar-refractivity contribution in [2.75, 3.05) is 0 Å². The average molecular weight is 223 g/mol. The van der Waals surface area contributed by atoms with Crippen LogP contribution in [-0.4, -0.2) is 33.0 Å². The van der Waals surface area contributed by atoms with Crippen LogP contribution in [0.1, 0.15) is 31.6 Å². The fourth-order valence-corrected chi connectivity index (χ4v) is 1.62. The molecule has 7 heteroatoms. The molecule has 1 aliphatic heterocycles. The second-order valence-corrected chi connectivity index (χ2v) is 3.76. The van der Waals surface area contributed by atoms with E-state index in [4.69, 9.17) is 0 Å². The minimum absolute atomic E-state index is 0.0764. The lowest BCUT2D eigenvalue weighted by Crippen LogP contribution is -2.42. The number of aromatic amines is 1. The first-order valence-corrected chi connectivity index (χ1v) is 5.12. The van der Waals surface area contributed by atoms with Crippen molar-refractivity contribution in [1.82, 2.24) is 25.8 Å². The SMILES string of the molecule is CC(NC(=O)[C@@H]1CCC(=O)N1)c1ncn[nH]1. The summed E-state index contributed by atoms with van der Waals surface area (Å²) in [7, 11) is 0. The molecule has 1 unspecified atom stereocenters. The largest absolute Gasteiger partial charge is 0.345 e. The number of rotatable bonds is 3. The van der Waals surface area contributed by atoms with E-state index < -0.39 is 6.04 Å². The van der Waals surface area contributed by atoms with Crippen molar-refractivity contribution in [3.63, 3.8) is 0 Å². The van der Waals surface area contributed by atoms with Gasteiger partial charge in [0.1, 0.15) is 18.2 Å². The average Bonchev–Trinajstić information content (AvgIpc) is 2.87. The molecule has 0 spiro atoms. The third-order valence-corrected chi connectivity index (χ3v) is 2.51. The van der Waals surface area contributed by atoms with Gasteiger partial charge in [0.15, 0.2) is 0 Å². The first-order chi connectivity index (χ1) is 7.66. The Labute approximate surface area is 92.0 Å². The molecular weight excluding hydrogens is 210 g/mol. The molecule has 1 fully saturated rings. The van der Waals surface area contributed by atoms with E-state index in [1.165, 1.54) is 6.33 Å². The highest BCUT2D eigenvalue weighted by atomic mass is 16.2. The van der Waals surface area contributed by atoms with Crippen LogP contribution in [0.5, 0.6) is 0 Å². The number of aromatic nitrogens is 3. The minimum atomic E-state index is -0.419. The lowest BCUT2D eigenvalue weighted by atomic mass is 10.2. The molecule has 0 aromatic carbocycles. The zero-order chi connectivity index (χ0) is 11.5. The van der Waals surface area contributed by atoms with Gasteiger partial charge >= 0.3 is 0 Å². The van der Waals surface area contributed by atoms with Crippen molar-refractivity contribution in [1.29, 1.82) is 0 Å². The lowest BCUT2D eigenvalue weighted by molar-refractivity contribution is -0.126. The molecule has 86 valence electrons. The van der Waals surface area contributed by atoms with Gasteiger partial charge in [-0.05, 0) is 13.3 Å². The summed E-state index contributed by atoms with van der Waals surface area (Å²) in [6.07, 6.45) is 2.35. The first kappa shape index (κ1) is 10.6. The van der Waals surface area contributed by atoms with Gasteiger partial charge in [0.25, 0.3) is 0 Å². The highest BCUT2D eigenvalue weighted by Gasteiger charge is 2.28. The summed E-state index contributed by atoms with van der Waals surface area (Å²) >= 11 is 0. The van der Waals surface area contributed by atoms with Crippen molar-refractivity contribution >= 4 is 11.8 Å². The zero-order valence-electron chi connectivity index (χ0n) is 8.86. The van der Waals surface area contributed by atoms with E-state index in [2.05, 4.69) is 25.8 Å². The molecular formula is C9H13N5O2. The minimum Gasteiger partial charge on any atom is -0.345 e. The van der Waals surface area contributed by atoms with E-state index >= 15 is 0 Å². The molecule has 2 atom stereocenters. The van der Waals surface area contributed by atoms with Crippen LogP contribution >= 0.6 is 0 Å². The molecule has 0 radical (unpaired) electrons. The summed E-state index contributed by atoms with van der Waals surface area (Å²) in [6.45, 7) is 1.80. The van der Waals surface area contributed by atoms with E-state index in [9.17, 15) is 9.59 Å². The fourth-order valence-electron chi connectivity index (χ4n) is 1.62. The van der Waals surface area contributed by atoms with Crippen LogP contribution in [0, 0.1) is 0 Å². The fraction of sp³-hybridized carbons (Fsp3) is 0.556. The third kappa shape index (κ3) is 2.18. The highest BCUT2D eigenvalue weighted by Crippen LogP contribution is 2.09. The number of nitrogens with one attached hydrogen (secondary N) is 3. The predicted octanol–water partition coefficient (Wildman–Crippen LogP) is -0.740. The molecule has 1 saturated heterocycles. The van der Waals surface area contributed by atoms with Crippen LogP contribution in [0.3, 0.4) is 0 Å². The van der Waals surface area contributed by atoms with E-state index in [-0.39, 0.29) is 17.9 Å².